The Kier molecular flexibility index (Phi) is 7.19. The van der Waals surface area contributed by atoms with Crippen molar-refractivity contribution >= 4 is 35.0 Å². The van der Waals surface area contributed by atoms with Gasteiger partial charge in [0.2, 0.25) is 5.91 Å². The van der Waals surface area contributed by atoms with Crippen LogP contribution in [0.2, 0.25) is 5.02 Å². The number of para-hydroxylation sites is 1. The second kappa shape index (κ2) is 10.0. The highest BCUT2D eigenvalue weighted by atomic mass is 35.5. The van der Waals surface area contributed by atoms with Crippen LogP contribution in [-0.4, -0.2) is 11.7 Å². The van der Waals surface area contributed by atoms with E-state index in [-0.39, 0.29) is 5.91 Å². The second-order valence-electron chi connectivity index (χ2n) is 5.89. The minimum Gasteiger partial charge on any atom is -0.455 e. The molecule has 0 aliphatic carbocycles. The van der Waals surface area contributed by atoms with Crippen molar-refractivity contribution in [1.82, 2.24) is 0 Å². The highest BCUT2D eigenvalue weighted by molar-refractivity contribution is 7.98. The molecule has 3 aromatic carbocycles. The third kappa shape index (κ3) is 6.35. The summed E-state index contributed by atoms with van der Waals surface area (Å²) in [6.07, 6.45) is 0.425. The molecule has 1 N–H and O–H groups in total. The molecule has 0 aliphatic heterocycles. The molecular formula is C22H20ClNO2S. The van der Waals surface area contributed by atoms with E-state index in [1.807, 2.05) is 48.5 Å². The molecule has 0 radical (unpaired) electrons. The summed E-state index contributed by atoms with van der Waals surface area (Å²) < 4.78 is 5.87. The molecule has 0 aliphatic rings. The van der Waals surface area contributed by atoms with Gasteiger partial charge in [-0.05, 0) is 35.9 Å². The zero-order valence-corrected chi connectivity index (χ0v) is 16.3. The first kappa shape index (κ1) is 19.3. The van der Waals surface area contributed by atoms with Crippen molar-refractivity contribution in [3.05, 3.63) is 89.4 Å². The van der Waals surface area contributed by atoms with Gasteiger partial charge in [0.15, 0.2) is 5.75 Å². The Morgan fingerprint density at radius 2 is 1.67 bits per heavy atom. The van der Waals surface area contributed by atoms with E-state index in [1.165, 1.54) is 5.56 Å². The van der Waals surface area contributed by atoms with Crippen LogP contribution in [0.15, 0.2) is 78.9 Å². The van der Waals surface area contributed by atoms with Crippen LogP contribution in [-0.2, 0) is 10.5 Å². The van der Waals surface area contributed by atoms with E-state index in [0.717, 1.165) is 11.5 Å². The number of ether oxygens (including phenoxy) is 1. The van der Waals surface area contributed by atoms with Crippen LogP contribution in [0.5, 0.6) is 11.5 Å². The van der Waals surface area contributed by atoms with E-state index in [1.54, 1.807) is 30.0 Å². The summed E-state index contributed by atoms with van der Waals surface area (Å²) in [5.74, 6) is 2.85. The predicted molar refractivity (Wildman–Crippen MR) is 114 cm³/mol. The lowest BCUT2D eigenvalue weighted by molar-refractivity contribution is -0.115. The molecule has 27 heavy (non-hydrogen) atoms. The van der Waals surface area contributed by atoms with Gasteiger partial charge in [0, 0.05) is 22.9 Å². The van der Waals surface area contributed by atoms with E-state index in [0.29, 0.717) is 28.6 Å². The minimum absolute atomic E-state index is 0.0595. The monoisotopic (exact) mass is 397 g/mol. The third-order valence-electron chi connectivity index (χ3n) is 3.77. The molecule has 5 heteroatoms. The van der Waals surface area contributed by atoms with Crippen LogP contribution in [0.25, 0.3) is 0 Å². The van der Waals surface area contributed by atoms with E-state index in [9.17, 15) is 4.79 Å². The largest absolute Gasteiger partial charge is 0.455 e. The second-order valence-corrected chi connectivity index (χ2v) is 7.43. The molecule has 0 heterocycles. The fraction of sp³-hybridized carbons (Fsp3) is 0.136. The molecule has 0 atom stereocenters. The van der Waals surface area contributed by atoms with E-state index < -0.39 is 0 Å². The fourth-order valence-corrected chi connectivity index (χ4v) is 3.52. The van der Waals surface area contributed by atoms with Gasteiger partial charge in [-0.3, -0.25) is 4.79 Å². The van der Waals surface area contributed by atoms with Crippen molar-refractivity contribution < 1.29 is 9.53 Å². The summed E-state index contributed by atoms with van der Waals surface area (Å²) in [5, 5.41) is 3.45. The third-order valence-corrected chi connectivity index (χ3v) is 5.04. The van der Waals surface area contributed by atoms with Gasteiger partial charge in [-0.25, -0.2) is 0 Å². The Labute approximate surface area is 168 Å². The van der Waals surface area contributed by atoms with Gasteiger partial charge >= 0.3 is 0 Å². The molecule has 0 saturated carbocycles. The number of rotatable bonds is 8. The summed E-state index contributed by atoms with van der Waals surface area (Å²) in [4.78, 5) is 12.3. The molecule has 3 rings (SSSR count). The number of nitrogens with one attached hydrogen (secondary N) is 1. The van der Waals surface area contributed by atoms with Crippen LogP contribution in [0.3, 0.4) is 0 Å². The van der Waals surface area contributed by atoms with Crippen LogP contribution in [0.4, 0.5) is 5.69 Å². The maximum atomic E-state index is 12.3. The van der Waals surface area contributed by atoms with Gasteiger partial charge in [-0.1, -0.05) is 60.1 Å². The zero-order chi connectivity index (χ0) is 18.9. The Bertz CT molecular complexity index is 872. The van der Waals surface area contributed by atoms with E-state index in [4.69, 9.17) is 16.3 Å². The van der Waals surface area contributed by atoms with E-state index >= 15 is 0 Å². The van der Waals surface area contributed by atoms with Gasteiger partial charge in [0.25, 0.3) is 0 Å². The molecule has 3 aromatic rings. The highest BCUT2D eigenvalue weighted by Crippen LogP contribution is 2.32. The summed E-state index contributed by atoms with van der Waals surface area (Å²) in [7, 11) is 0. The number of halogens is 1. The molecule has 138 valence electrons. The first-order valence-electron chi connectivity index (χ1n) is 8.65. The topological polar surface area (TPSA) is 38.3 Å². The van der Waals surface area contributed by atoms with Gasteiger partial charge in [0.1, 0.15) is 5.75 Å². The summed E-state index contributed by atoms with van der Waals surface area (Å²) in [6.45, 7) is 0. The predicted octanol–water partition coefficient (Wildman–Crippen LogP) is 6.39. The fourth-order valence-electron chi connectivity index (χ4n) is 2.45. The Balaban J connectivity index is 1.54. The van der Waals surface area contributed by atoms with Crippen molar-refractivity contribution in [2.75, 3.05) is 11.1 Å². The number of carbonyl (C=O) groups is 1. The average molecular weight is 398 g/mol. The average Bonchev–Trinajstić information content (AvgIpc) is 2.69. The lowest BCUT2D eigenvalue weighted by Gasteiger charge is -2.13. The van der Waals surface area contributed by atoms with Gasteiger partial charge in [-0.15, -0.1) is 0 Å². The maximum Gasteiger partial charge on any atom is 0.225 e. The molecule has 0 fully saturated rings. The lowest BCUT2D eigenvalue weighted by Crippen LogP contribution is -2.13. The van der Waals surface area contributed by atoms with Crippen molar-refractivity contribution in [3.8, 4) is 11.5 Å². The molecule has 3 nitrogen and oxygen atoms in total. The lowest BCUT2D eigenvalue weighted by atomic mass is 10.2. The van der Waals surface area contributed by atoms with Crippen molar-refractivity contribution in [2.45, 2.75) is 12.2 Å². The van der Waals surface area contributed by atoms with E-state index in [2.05, 4.69) is 17.4 Å². The molecule has 0 bridgehead atoms. The molecular weight excluding hydrogens is 378 g/mol. The van der Waals surface area contributed by atoms with Crippen LogP contribution >= 0.6 is 23.4 Å². The van der Waals surface area contributed by atoms with Crippen LogP contribution in [0, 0.1) is 0 Å². The van der Waals surface area contributed by atoms with Crippen molar-refractivity contribution in [3.63, 3.8) is 0 Å². The number of hydrogen-bond acceptors (Lipinski definition) is 3. The highest BCUT2D eigenvalue weighted by Gasteiger charge is 2.10. The van der Waals surface area contributed by atoms with Gasteiger partial charge in [-0.2, -0.15) is 11.8 Å². The smallest absolute Gasteiger partial charge is 0.225 e. The van der Waals surface area contributed by atoms with Gasteiger partial charge < -0.3 is 10.1 Å². The summed E-state index contributed by atoms with van der Waals surface area (Å²) in [5.41, 5.74) is 1.83. The Morgan fingerprint density at radius 1 is 0.963 bits per heavy atom. The standard InChI is InChI=1S/C22H20ClNO2S/c23-18-11-12-21(26-19-9-5-2-6-10-19)20(15-18)24-22(25)13-14-27-16-17-7-3-1-4-8-17/h1-12,15H,13-14,16H2,(H,24,25). The molecule has 0 aromatic heterocycles. The minimum atomic E-state index is -0.0595. The van der Waals surface area contributed by atoms with Gasteiger partial charge in [0.05, 0.1) is 5.69 Å². The number of carbonyl (C=O) groups excluding carboxylic acids is 1. The number of anilines is 1. The van der Waals surface area contributed by atoms with Crippen molar-refractivity contribution in [2.24, 2.45) is 0 Å². The molecule has 0 spiro atoms. The molecule has 1 amide bonds. The number of thioether (sulfide) groups is 1. The zero-order valence-electron chi connectivity index (χ0n) is 14.7. The maximum absolute atomic E-state index is 12.3. The van der Waals surface area contributed by atoms with Crippen LogP contribution < -0.4 is 10.1 Å². The number of benzene rings is 3. The Hall–Kier alpha value is -2.43. The number of hydrogen-bond donors (Lipinski definition) is 1. The molecule has 0 saturated heterocycles. The van der Waals surface area contributed by atoms with Crippen molar-refractivity contribution in [1.29, 1.82) is 0 Å². The first-order chi connectivity index (χ1) is 13.2. The normalized spacial score (nSPS) is 10.4. The van der Waals surface area contributed by atoms with Crippen LogP contribution in [0.1, 0.15) is 12.0 Å². The summed E-state index contributed by atoms with van der Waals surface area (Å²) >= 11 is 7.82. The number of amides is 1. The SMILES string of the molecule is O=C(CCSCc1ccccc1)Nc1cc(Cl)ccc1Oc1ccccc1. The quantitative estimate of drug-likeness (QED) is 0.447. The summed E-state index contributed by atoms with van der Waals surface area (Å²) in [6, 6.07) is 24.9. The Morgan fingerprint density at radius 3 is 2.41 bits per heavy atom. The first-order valence-corrected chi connectivity index (χ1v) is 10.2. The molecule has 0 unspecified atom stereocenters.